The summed E-state index contributed by atoms with van der Waals surface area (Å²) >= 11 is 0. The summed E-state index contributed by atoms with van der Waals surface area (Å²) < 4.78 is 0. The predicted molar refractivity (Wildman–Crippen MR) is 72.1 cm³/mol. The van der Waals surface area contributed by atoms with Gasteiger partial charge in [-0.05, 0) is 43.5 Å². The second-order valence-corrected chi connectivity index (χ2v) is 5.29. The van der Waals surface area contributed by atoms with E-state index < -0.39 is 0 Å². The van der Waals surface area contributed by atoms with Crippen molar-refractivity contribution in [3.63, 3.8) is 0 Å². The van der Waals surface area contributed by atoms with Crippen LogP contribution in [0.2, 0.25) is 0 Å². The molecule has 1 saturated carbocycles. The second kappa shape index (κ2) is 4.96. The number of nitrogens with two attached hydrogens (primary N) is 1. The summed E-state index contributed by atoms with van der Waals surface area (Å²) in [5.41, 5.74) is 8.90. The molecule has 0 radical (unpaired) electrons. The molecular formula is C14H22N2O. The van der Waals surface area contributed by atoms with E-state index in [2.05, 4.69) is 11.4 Å². The van der Waals surface area contributed by atoms with E-state index in [-0.39, 0.29) is 12.0 Å². The molecule has 2 rings (SSSR count). The fraction of sp³-hybridized carbons (Fsp3) is 0.571. The van der Waals surface area contributed by atoms with E-state index in [1.165, 1.54) is 12.8 Å². The molecule has 3 nitrogen and oxygen atoms in total. The molecule has 0 saturated heterocycles. The zero-order valence-corrected chi connectivity index (χ0v) is 10.5. The van der Waals surface area contributed by atoms with Crippen molar-refractivity contribution in [2.24, 2.45) is 5.41 Å². The van der Waals surface area contributed by atoms with Crippen LogP contribution in [0.1, 0.15) is 31.2 Å². The highest BCUT2D eigenvalue weighted by molar-refractivity contribution is 5.56. The van der Waals surface area contributed by atoms with Crippen molar-refractivity contribution in [1.82, 2.24) is 0 Å². The Bertz CT molecular complexity index is 384. The van der Waals surface area contributed by atoms with Crippen molar-refractivity contribution in [3.8, 4) is 0 Å². The molecule has 3 heteroatoms. The molecule has 1 fully saturated rings. The molecule has 1 aliphatic carbocycles. The molecule has 94 valence electrons. The number of aryl methyl sites for hydroxylation is 1. The first-order chi connectivity index (χ1) is 8.15. The summed E-state index contributed by atoms with van der Waals surface area (Å²) in [7, 11) is 0. The molecule has 0 heterocycles. The van der Waals surface area contributed by atoms with Crippen LogP contribution in [-0.4, -0.2) is 18.3 Å². The highest BCUT2D eigenvalue weighted by atomic mass is 16.3. The number of nitrogens with one attached hydrogen (secondary N) is 1. The molecule has 1 aliphatic rings. The van der Waals surface area contributed by atoms with Gasteiger partial charge in [0.2, 0.25) is 0 Å². The fourth-order valence-corrected chi connectivity index (χ4v) is 2.59. The lowest BCUT2D eigenvalue weighted by molar-refractivity contribution is 0.142. The molecule has 0 aliphatic heterocycles. The molecule has 17 heavy (non-hydrogen) atoms. The minimum Gasteiger partial charge on any atom is -0.399 e. The van der Waals surface area contributed by atoms with E-state index in [4.69, 9.17) is 5.73 Å². The minimum atomic E-state index is 0.0926. The highest BCUT2D eigenvalue weighted by Crippen LogP contribution is 2.37. The number of nitrogen functional groups attached to an aromatic ring is 1. The average molecular weight is 234 g/mol. The van der Waals surface area contributed by atoms with E-state index in [0.717, 1.165) is 36.3 Å². The first-order valence-corrected chi connectivity index (χ1v) is 6.36. The van der Waals surface area contributed by atoms with Crippen LogP contribution in [0.25, 0.3) is 0 Å². The van der Waals surface area contributed by atoms with E-state index in [9.17, 15) is 5.11 Å². The monoisotopic (exact) mass is 234 g/mol. The standard InChI is InChI=1S/C14H22N2O/c1-11-8-12(4-5-13(11)15)16-9-14(10-17)6-2-3-7-14/h4-5,8,16-17H,2-3,6-7,9-10,15H2,1H3. The maximum absolute atomic E-state index is 9.53. The summed E-state index contributed by atoms with van der Waals surface area (Å²) in [6.07, 6.45) is 4.74. The molecular weight excluding hydrogens is 212 g/mol. The third-order valence-corrected chi connectivity index (χ3v) is 3.94. The van der Waals surface area contributed by atoms with Gasteiger partial charge in [0, 0.05) is 23.3 Å². The van der Waals surface area contributed by atoms with Crippen molar-refractivity contribution in [1.29, 1.82) is 0 Å². The van der Waals surface area contributed by atoms with Gasteiger partial charge >= 0.3 is 0 Å². The van der Waals surface area contributed by atoms with Gasteiger partial charge in [0.25, 0.3) is 0 Å². The van der Waals surface area contributed by atoms with E-state index in [1.807, 2.05) is 19.1 Å². The molecule has 1 aromatic rings. The lowest BCUT2D eigenvalue weighted by atomic mass is 9.87. The molecule has 0 amide bonds. The van der Waals surface area contributed by atoms with E-state index in [1.54, 1.807) is 0 Å². The molecule has 0 spiro atoms. The van der Waals surface area contributed by atoms with Gasteiger partial charge < -0.3 is 16.2 Å². The smallest absolute Gasteiger partial charge is 0.0504 e. The lowest BCUT2D eigenvalue weighted by Gasteiger charge is -2.27. The van der Waals surface area contributed by atoms with Crippen LogP contribution in [0.15, 0.2) is 18.2 Å². The number of anilines is 2. The summed E-state index contributed by atoms with van der Waals surface area (Å²) in [6, 6.07) is 6.00. The largest absolute Gasteiger partial charge is 0.399 e. The Labute approximate surface area is 103 Å². The maximum Gasteiger partial charge on any atom is 0.0504 e. The van der Waals surface area contributed by atoms with Crippen LogP contribution >= 0.6 is 0 Å². The quantitative estimate of drug-likeness (QED) is 0.702. The Balaban J connectivity index is 1.99. The van der Waals surface area contributed by atoms with Gasteiger partial charge in [-0.25, -0.2) is 0 Å². The van der Waals surface area contributed by atoms with Crippen molar-refractivity contribution >= 4 is 11.4 Å². The third kappa shape index (κ3) is 2.72. The Morgan fingerprint density at radius 3 is 2.65 bits per heavy atom. The maximum atomic E-state index is 9.53. The van der Waals surface area contributed by atoms with Gasteiger partial charge in [-0.1, -0.05) is 12.8 Å². The molecule has 0 atom stereocenters. The first kappa shape index (κ1) is 12.2. The Morgan fingerprint density at radius 1 is 1.35 bits per heavy atom. The first-order valence-electron chi connectivity index (χ1n) is 6.36. The SMILES string of the molecule is Cc1cc(NCC2(CO)CCCC2)ccc1N. The van der Waals surface area contributed by atoms with E-state index in [0.29, 0.717) is 0 Å². The molecule has 0 unspecified atom stereocenters. The number of benzene rings is 1. The third-order valence-electron chi connectivity index (χ3n) is 3.94. The highest BCUT2D eigenvalue weighted by Gasteiger charge is 2.32. The van der Waals surface area contributed by atoms with Gasteiger partial charge in [-0.15, -0.1) is 0 Å². The minimum absolute atomic E-state index is 0.0926. The Hall–Kier alpha value is -1.22. The molecule has 0 aromatic heterocycles. The van der Waals surface area contributed by atoms with Crippen LogP contribution in [0.4, 0.5) is 11.4 Å². The van der Waals surface area contributed by atoms with Crippen LogP contribution < -0.4 is 11.1 Å². The van der Waals surface area contributed by atoms with Crippen molar-refractivity contribution in [3.05, 3.63) is 23.8 Å². The predicted octanol–water partition coefficient (Wildman–Crippen LogP) is 2.54. The Kier molecular flexibility index (Phi) is 3.57. The van der Waals surface area contributed by atoms with Crippen LogP contribution in [0.5, 0.6) is 0 Å². The number of hydrogen-bond donors (Lipinski definition) is 3. The topological polar surface area (TPSA) is 58.3 Å². The summed E-state index contributed by atoms with van der Waals surface area (Å²) in [5.74, 6) is 0. The summed E-state index contributed by atoms with van der Waals surface area (Å²) in [4.78, 5) is 0. The lowest BCUT2D eigenvalue weighted by Crippen LogP contribution is -2.30. The summed E-state index contributed by atoms with van der Waals surface area (Å²) in [5, 5.41) is 13.0. The molecule has 4 N–H and O–H groups in total. The second-order valence-electron chi connectivity index (χ2n) is 5.29. The van der Waals surface area contributed by atoms with Gasteiger partial charge in [-0.2, -0.15) is 0 Å². The van der Waals surface area contributed by atoms with Crippen molar-refractivity contribution in [2.45, 2.75) is 32.6 Å². The normalized spacial score (nSPS) is 18.2. The Morgan fingerprint density at radius 2 is 2.06 bits per heavy atom. The van der Waals surface area contributed by atoms with Crippen molar-refractivity contribution < 1.29 is 5.11 Å². The summed E-state index contributed by atoms with van der Waals surface area (Å²) in [6.45, 7) is 3.15. The van der Waals surface area contributed by atoms with Gasteiger partial charge in [-0.3, -0.25) is 0 Å². The van der Waals surface area contributed by atoms with Gasteiger partial charge in [0.05, 0.1) is 6.61 Å². The van der Waals surface area contributed by atoms with Crippen molar-refractivity contribution in [2.75, 3.05) is 24.2 Å². The van der Waals surface area contributed by atoms with Gasteiger partial charge in [0.15, 0.2) is 0 Å². The number of rotatable bonds is 4. The van der Waals surface area contributed by atoms with Crippen LogP contribution in [0.3, 0.4) is 0 Å². The number of hydrogen-bond acceptors (Lipinski definition) is 3. The molecule has 0 bridgehead atoms. The zero-order valence-electron chi connectivity index (χ0n) is 10.5. The van der Waals surface area contributed by atoms with E-state index >= 15 is 0 Å². The zero-order chi connectivity index (χ0) is 12.3. The van der Waals surface area contributed by atoms with Gasteiger partial charge in [0.1, 0.15) is 0 Å². The number of aliphatic hydroxyl groups excluding tert-OH is 1. The van der Waals surface area contributed by atoms with Crippen LogP contribution in [0, 0.1) is 12.3 Å². The average Bonchev–Trinajstić information content (AvgIpc) is 2.80. The number of aliphatic hydroxyl groups is 1. The molecule has 1 aromatic carbocycles. The fourth-order valence-electron chi connectivity index (χ4n) is 2.59. The van der Waals surface area contributed by atoms with Crippen LogP contribution in [-0.2, 0) is 0 Å².